The first-order valence-electron chi connectivity index (χ1n) is 13.6. The summed E-state index contributed by atoms with van der Waals surface area (Å²) in [7, 11) is 0. The molecule has 176 valence electrons. The van der Waals surface area contributed by atoms with Gasteiger partial charge in [0.25, 0.3) is 0 Å². The van der Waals surface area contributed by atoms with E-state index in [2.05, 4.69) is 6.92 Å². The van der Waals surface area contributed by atoms with E-state index in [9.17, 15) is 0 Å². The van der Waals surface area contributed by atoms with Gasteiger partial charge in [0.15, 0.2) is 0 Å². The minimum Gasteiger partial charge on any atom is -0.396 e. The number of hydrogen-bond acceptors (Lipinski definition) is 2. The lowest BCUT2D eigenvalue weighted by atomic mass is 10.0. The lowest BCUT2D eigenvalue weighted by molar-refractivity contribution is 0.125. The highest BCUT2D eigenvalue weighted by Crippen LogP contribution is 2.13. The largest absolute Gasteiger partial charge is 0.396 e. The Morgan fingerprint density at radius 1 is 0.379 bits per heavy atom. The Morgan fingerprint density at radius 3 is 0.966 bits per heavy atom. The summed E-state index contributed by atoms with van der Waals surface area (Å²) in [5, 5.41) is 8.74. The Bertz CT molecular complexity index is 241. The molecule has 0 aliphatic rings. The average Bonchev–Trinajstić information content (AvgIpc) is 2.74. The van der Waals surface area contributed by atoms with E-state index in [-0.39, 0.29) is 0 Å². The van der Waals surface area contributed by atoms with Gasteiger partial charge in [-0.2, -0.15) is 0 Å². The van der Waals surface area contributed by atoms with Gasteiger partial charge in [0.2, 0.25) is 0 Å². The summed E-state index contributed by atoms with van der Waals surface area (Å²) in [6.07, 6.45) is 31.3. The third-order valence-corrected chi connectivity index (χ3v) is 6.09. The molecule has 0 radical (unpaired) electrons. The summed E-state index contributed by atoms with van der Waals surface area (Å²) < 4.78 is 5.80. The number of aliphatic hydroxyl groups excluding tert-OH is 1. The highest BCUT2D eigenvalue weighted by Gasteiger charge is 1.96. The molecule has 0 amide bonds. The molecule has 1 N–H and O–H groups in total. The molecule has 0 saturated heterocycles. The maximum absolute atomic E-state index is 8.74. The number of hydrogen-bond donors (Lipinski definition) is 1. The minimum absolute atomic E-state index is 0.367. The topological polar surface area (TPSA) is 29.5 Å². The predicted octanol–water partition coefficient (Wildman–Crippen LogP) is 8.99. The van der Waals surface area contributed by atoms with Gasteiger partial charge in [-0.05, 0) is 19.3 Å². The highest BCUT2D eigenvalue weighted by molar-refractivity contribution is 4.50. The van der Waals surface area contributed by atoms with Crippen molar-refractivity contribution in [2.75, 3.05) is 19.8 Å². The Balaban J connectivity index is 2.97. The second-order valence-corrected chi connectivity index (χ2v) is 9.11. The van der Waals surface area contributed by atoms with Gasteiger partial charge in [0, 0.05) is 19.8 Å². The summed E-state index contributed by atoms with van der Waals surface area (Å²) in [5.41, 5.74) is 0. The van der Waals surface area contributed by atoms with E-state index in [4.69, 9.17) is 9.84 Å². The second-order valence-electron chi connectivity index (χ2n) is 9.11. The van der Waals surface area contributed by atoms with Crippen molar-refractivity contribution in [2.45, 2.75) is 155 Å². The van der Waals surface area contributed by atoms with E-state index in [1.807, 2.05) is 0 Å². The predicted molar refractivity (Wildman–Crippen MR) is 130 cm³/mol. The molecule has 0 aromatic carbocycles. The maximum Gasteiger partial charge on any atom is 0.0466 e. The first-order chi connectivity index (χ1) is 14.4. The van der Waals surface area contributed by atoms with Crippen LogP contribution in [0.2, 0.25) is 0 Å². The zero-order valence-electron chi connectivity index (χ0n) is 20.2. The van der Waals surface area contributed by atoms with Crippen molar-refractivity contribution in [1.29, 1.82) is 0 Å². The molecular weight excluding hydrogens is 356 g/mol. The lowest BCUT2D eigenvalue weighted by Crippen LogP contribution is -1.97. The van der Waals surface area contributed by atoms with Crippen molar-refractivity contribution in [3.05, 3.63) is 0 Å². The van der Waals surface area contributed by atoms with Gasteiger partial charge in [-0.15, -0.1) is 0 Å². The van der Waals surface area contributed by atoms with Crippen LogP contribution in [0.5, 0.6) is 0 Å². The fraction of sp³-hybridized carbons (Fsp3) is 1.00. The van der Waals surface area contributed by atoms with Crippen LogP contribution in [0.3, 0.4) is 0 Å². The third-order valence-electron chi connectivity index (χ3n) is 6.09. The molecular formula is C27H56O2. The number of unbranched alkanes of at least 4 members (excludes halogenated alkanes) is 21. The molecule has 0 aliphatic heterocycles. The normalized spacial score (nSPS) is 11.4. The summed E-state index contributed by atoms with van der Waals surface area (Å²) in [6, 6.07) is 0. The monoisotopic (exact) mass is 412 g/mol. The van der Waals surface area contributed by atoms with Gasteiger partial charge < -0.3 is 9.84 Å². The number of ether oxygens (including phenoxy) is 1. The van der Waals surface area contributed by atoms with Crippen LogP contribution in [0.15, 0.2) is 0 Å². The van der Waals surface area contributed by atoms with Crippen molar-refractivity contribution in [1.82, 2.24) is 0 Å². The van der Waals surface area contributed by atoms with Crippen LogP contribution in [0, 0.1) is 0 Å². The molecule has 0 unspecified atom stereocenters. The van der Waals surface area contributed by atoms with Crippen molar-refractivity contribution in [2.24, 2.45) is 0 Å². The van der Waals surface area contributed by atoms with Crippen LogP contribution in [0.4, 0.5) is 0 Å². The fourth-order valence-electron chi connectivity index (χ4n) is 4.05. The van der Waals surface area contributed by atoms with Crippen LogP contribution >= 0.6 is 0 Å². The average molecular weight is 413 g/mol. The molecule has 2 heteroatoms. The SMILES string of the molecule is CCCCCCCCCCCCOCCCCCCCCCCCCCCCO. The van der Waals surface area contributed by atoms with Crippen LogP contribution in [-0.4, -0.2) is 24.9 Å². The van der Waals surface area contributed by atoms with Crippen LogP contribution in [-0.2, 0) is 4.74 Å². The molecule has 0 fully saturated rings. The first kappa shape index (κ1) is 28.9. The molecule has 0 rings (SSSR count). The Morgan fingerprint density at radius 2 is 0.655 bits per heavy atom. The lowest BCUT2D eigenvalue weighted by Gasteiger charge is -2.05. The summed E-state index contributed by atoms with van der Waals surface area (Å²) >= 11 is 0. The zero-order chi connectivity index (χ0) is 21.1. The summed E-state index contributed by atoms with van der Waals surface area (Å²) in [6.45, 7) is 4.62. The van der Waals surface area contributed by atoms with Gasteiger partial charge in [-0.3, -0.25) is 0 Å². The van der Waals surface area contributed by atoms with E-state index in [1.54, 1.807) is 0 Å². The molecule has 0 heterocycles. The van der Waals surface area contributed by atoms with E-state index in [1.165, 1.54) is 141 Å². The quantitative estimate of drug-likeness (QED) is 0.144. The minimum atomic E-state index is 0.367. The molecule has 2 nitrogen and oxygen atoms in total. The molecule has 0 aliphatic carbocycles. The Kier molecular flexibility index (Phi) is 27.8. The second kappa shape index (κ2) is 27.9. The maximum atomic E-state index is 8.74. The van der Waals surface area contributed by atoms with Crippen LogP contribution < -0.4 is 0 Å². The van der Waals surface area contributed by atoms with Gasteiger partial charge in [0.1, 0.15) is 0 Å². The van der Waals surface area contributed by atoms with Crippen molar-refractivity contribution >= 4 is 0 Å². The fourth-order valence-corrected chi connectivity index (χ4v) is 4.05. The molecule has 0 atom stereocenters. The third kappa shape index (κ3) is 27.9. The molecule has 0 bridgehead atoms. The van der Waals surface area contributed by atoms with Crippen molar-refractivity contribution in [3.8, 4) is 0 Å². The van der Waals surface area contributed by atoms with Crippen molar-refractivity contribution in [3.63, 3.8) is 0 Å². The van der Waals surface area contributed by atoms with E-state index >= 15 is 0 Å². The zero-order valence-corrected chi connectivity index (χ0v) is 20.2. The standard InChI is InChI=1S/C27H56O2/c1-2-3-4-5-6-7-14-17-20-23-26-29-27-24-21-18-15-12-10-8-9-11-13-16-19-22-25-28/h28H,2-27H2,1H3. The Hall–Kier alpha value is -0.0800. The smallest absolute Gasteiger partial charge is 0.0466 e. The highest BCUT2D eigenvalue weighted by atomic mass is 16.5. The van der Waals surface area contributed by atoms with E-state index < -0.39 is 0 Å². The molecule has 29 heavy (non-hydrogen) atoms. The summed E-state index contributed by atoms with van der Waals surface area (Å²) in [5.74, 6) is 0. The van der Waals surface area contributed by atoms with Crippen LogP contribution in [0.1, 0.15) is 155 Å². The Labute approximate surface area is 184 Å². The van der Waals surface area contributed by atoms with Crippen LogP contribution in [0.25, 0.3) is 0 Å². The number of rotatable bonds is 26. The van der Waals surface area contributed by atoms with Crippen molar-refractivity contribution < 1.29 is 9.84 Å². The van der Waals surface area contributed by atoms with Gasteiger partial charge >= 0.3 is 0 Å². The molecule has 0 aromatic heterocycles. The van der Waals surface area contributed by atoms with E-state index in [0.29, 0.717) is 6.61 Å². The first-order valence-corrected chi connectivity index (χ1v) is 13.6. The molecule has 0 spiro atoms. The molecule has 0 saturated carbocycles. The van der Waals surface area contributed by atoms with Gasteiger partial charge in [-0.25, -0.2) is 0 Å². The number of aliphatic hydroxyl groups is 1. The molecule has 0 aromatic rings. The van der Waals surface area contributed by atoms with Gasteiger partial charge in [-0.1, -0.05) is 135 Å². The van der Waals surface area contributed by atoms with Gasteiger partial charge in [0.05, 0.1) is 0 Å². The summed E-state index contributed by atoms with van der Waals surface area (Å²) in [4.78, 5) is 0. The van der Waals surface area contributed by atoms with E-state index in [0.717, 1.165) is 19.6 Å².